The highest BCUT2D eigenvalue weighted by Crippen LogP contribution is 2.19. The zero-order chi connectivity index (χ0) is 17.6. The molecular weight excluding hydrogens is 310 g/mol. The van der Waals surface area contributed by atoms with Crippen molar-refractivity contribution in [3.8, 4) is 5.69 Å². The number of amides is 1. The summed E-state index contributed by atoms with van der Waals surface area (Å²) < 4.78 is 1.90. The maximum Gasteiger partial charge on any atom is 0.244 e. The predicted octanol–water partition coefficient (Wildman–Crippen LogP) is 3.82. The van der Waals surface area contributed by atoms with Crippen LogP contribution < -0.4 is 5.32 Å². The molecule has 1 aromatic heterocycles. The van der Waals surface area contributed by atoms with Gasteiger partial charge in [0.05, 0.1) is 11.4 Å². The van der Waals surface area contributed by atoms with E-state index in [0.717, 1.165) is 28.2 Å². The summed E-state index contributed by atoms with van der Waals surface area (Å²) in [5.41, 5.74) is 4.97. The van der Waals surface area contributed by atoms with E-state index < -0.39 is 0 Å². The molecule has 3 aromatic rings. The fourth-order valence-electron chi connectivity index (χ4n) is 2.72. The third-order valence-electron chi connectivity index (χ3n) is 4.06. The molecule has 4 nitrogen and oxygen atoms in total. The molecule has 0 saturated carbocycles. The van der Waals surface area contributed by atoms with Crippen molar-refractivity contribution in [1.82, 2.24) is 15.1 Å². The summed E-state index contributed by atoms with van der Waals surface area (Å²) in [6, 6.07) is 19.8. The van der Waals surface area contributed by atoms with Crippen molar-refractivity contribution in [2.45, 2.75) is 20.4 Å². The molecule has 1 heterocycles. The number of benzene rings is 2. The van der Waals surface area contributed by atoms with Gasteiger partial charge in [-0.2, -0.15) is 5.10 Å². The molecule has 0 spiro atoms. The van der Waals surface area contributed by atoms with Crippen LogP contribution in [-0.2, 0) is 11.3 Å². The summed E-state index contributed by atoms with van der Waals surface area (Å²) in [4.78, 5) is 12.1. The number of nitrogens with zero attached hydrogens (tertiary/aromatic N) is 2. The van der Waals surface area contributed by atoms with Crippen LogP contribution in [-0.4, -0.2) is 15.7 Å². The molecule has 0 bridgehead atoms. The Bertz CT molecular complexity index is 880. The summed E-state index contributed by atoms with van der Waals surface area (Å²) in [6.45, 7) is 4.48. The van der Waals surface area contributed by atoms with E-state index in [1.54, 1.807) is 6.08 Å². The van der Waals surface area contributed by atoms with Crippen LogP contribution in [0.4, 0.5) is 0 Å². The predicted molar refractivity (Wildman–Crippen MR) is 100 cm³/mol. The van der Waals surface area contributed by atoms with Crippen LogP contribution in [0.3, 0.4) is 0 Å². The van der Waals surface area contributed by atoms with Crippen molar-refractivity contribution in [3.05, 3.63) is 89.3 Å². The van der Waals surface area contributed by atoms with Gasteiger partial charge in [-0.3, -0.25) is 4.79 Å². The van der Waals surface area contributed by atoms with Gasteiger partial charge in [0.25, 0.3) is 0 Å². The lowest BCUT2D eigenvalue weighted by Crippen LogP contribution is -2.20. The monoisotopic (exact) mass is 331 g/mol. The van der Waals surface area contributed by atoms with Crippen LogP contribution in [0.5, 0.6) is 0 Å². The highest BCUT2D eigenvalue weighted by molar-refractivity contribution is 5.92. The van der Waals surface area contributed by atoms with Crippen LogP contribution >= 0.6 is 0 Å². The molecule has 0 unspecified atom stereocenters. The molecule has 0 fully saturated rings. The second kappa shape index (κ2) is 7.62. The number of nitrogens with one attached hydrogen (secondary N) is 1. The Morgan fingerprint density at radius 2 is 1.68 bits per heavy atom. The maximum atomic E-state index is 12.1. The van der Waals surface area contributed by atoms with Crippen LogP contribution in [0.25, 0.3) is 11.8 Å². The van der Waals surface area contributed by atoms with E-state index in [-0.39, 0.29) is 5.91 Å². The molecule has 0 aliphatic rings. The molecule has 3 rings (SSSR count). The first-order valence-electron chi connectivity index (χ1n) is 8.26. The van der Waals surface area contributed by atoms with Crippen LogP contribution in [0.15, 0.2) is 66.7 Å². The molecule has 0 saturated heterocycles. The number of para-hydroxylation sites is 1. The first-order valence-corrected chi connectivity index (χ1v) is 8.26. The molecule has 0 radical (unpaired) electrons. The van der Waals surface area contributed by atoms with Gasteiger partial charge in [-0.1, -0.05) is 48.5 Å². The van der Waals surface area contributed by atoms with E-state index in [1.165, 1.54) is 0 Å². The first-order chi connectivity index (χ1) is 12.1. The zero-order valence-electron chi connectivity index (χ0n) is 14.4. The van der Waals surface area contributed by atoms with Crippen molar-refractivity contribution >= 4 is 12.0 Å². The molecule has 126 valence electrons. The highest BCUT2D eigenvalue weighted by Gasteiger charge is 2.10. The van der Waals surface area contributed by atoms with Crippen molar-refractivity contribution in [1.29, 1.82) is 0 Å². The number of carbonyl (C=O) groups excluding carboxylic acids is 1. The Balaban J connectivity index is 1.71. The van der Waals surface area contributed by atoms with Crippen molar-refractivity contribution in [2.24, 2.45) is 0 Å². The molecule has 25 heavy (non-hydrogen) atoms. The molecule has 1 amide bonds. The highest BCUT2D eigenvalue weighted by atomic mass is 16.1. The van der Waals surface area contributed by atoms with Crippen LogP contribution in [0.2, 0.25) is 0 Å². The second-order valence-electron chi connectivity index (χ2n) is 5.87. The lowest BCUT2D eigenvalue weighted by atomic mass is 10.1. The van der Waals surface area contributed by atoms with Gasteiger partial charge in [0.1, 0.15) is 0 Å². The summed E-state index contributed by atoms with van der Waals surface area (Å²) >= 11 is 0. The number of hydrogen-bond donors (Lipinski definition) is 1. The molecular formula is C21H21N3O. The average Bonchev–Trinajstić information content (AvgIpc) is 2.94. The Labute approximate surface area is 147 Å². The first kappa shape index (κ1) is 16.7. The number of rotatable bonds is 5. The molecule has 0 aliphatic carbocycles. The van der Waals surface area contributed by atoms with Crippen molar-refractivity contribution < 1.29 is 4.79 Å². The Kier molecular flexibility index (Phi) is 5.09. The van der Waals surface area contributed by atoms with Crippen LogP contribution in [0, 0.1) is 13.8 Å². The lowest BCUT2D eigenvalue weighted by Gasteiger charge is -2.04. The molecule has 2 aromatic carbocycles. The van der Waals surface area contributed by atoms with Crippen LogP contribution in [0.1, 0.15) is 22.5 Å². The normalized spacial score (nSPS) is 11.0. The summed E-state index contributed by atoms with van der Waals surface area (Å²) in [7, 11) is 0. The van der Waals surface area contributed by atoms with E-state index in [4.69, 9.17) is 0 Å². The number of aromatic nitrogens is 2. The molecule has 0 aliphatic heterocycles. The maximum absolute atomic E-state index is 12.1. The lowest BCUT2D eigenvalue weighted by molar-refractivity contribution is -0.116. The Hall–Kier alpha value is -3.14. The van der Waals surface area contributed by atoms with Gasteiger partial charge in [0.15, 0.2) is 0 Å². The van der Waals surface area contributed by atoms with Gasteiger partial charge in [0.2, 0.25) is 5.91 Å². The SMILES string of the molecule is Cc1nn(-c2ccccc2)c(C)c1/C=C/C(=O)NCc1ccccc1. The van der Waals surface area contributed by atoms with Gasteiger partial charge in [0, 0.05) is 23.9 Å². The third kappa shape index (κ3) is 4.04. The van der Waals surface area contributed by atoms with E-state index in [9.17, 15) is 4.79 Å². The second-order valence-corrected chi connectivity index (χ2v) is 5.87. The van der Waals surface area contributed by atoms with E-state index in [0.29, 0.717) is 6.54 Å². The largest absolute Gasteiger partial charge is 0.348 e. The van der Waals surface area contributed by atoms with Gasteiger partial charge >= 0.3 is 0 Å². The minimum Gasteiger partial charge on any atom is -0.348 e. The van der Waals surface area contributed by atoms with Gasteiger partial charge in [-0.15, -0.1) is 0 Å². The minimum absolute atomic E-state index is 0.116. The van der Waals surface area contributed by atoms with Gasteiger partial charge < -0.3 is 5.32 Å². The molecule has 0 atom stereocenters. The van der Waals surface area contributed by atoms with E-state index in [1.807, 2.05) is 85.3 Å². The quantitative estimate of drug-likeness (QED) is 0.723. The smallest absolute Gasteiger partial charge is 0.244 e. The molecule has 1 N–H and O–H groups in total. The van der Waals surface area contributed by atoms with E-state index in [2.05, 4.69) is 10.4 Å². The average molecular weight is 331 g/mol. The third-order valence-corrected chi connectivity index (χ3v) is 4.06. The summed E-state index contributed by atoms with van der Waals surface area (Å²) in [5, 5.41) is 7.48. The number of carbonyl (C=O) groups is 1. The number of aryl methyl sites for hydroxylation is 1. The topological polar surface area (TPSA) is 46.9 Å². The fraction of sp³-hybridized carbons (Fsp3) is 0.143. The number of hydrogen-bond acceptors (Lipinski definition) is 2. The minimum atomic E-state index is -0.116. The van der Waals surface area contributed by atoms with Crippen molar-refractivity contribution in [3.63, 3.8) is 0 Å². The molecule has 4 heteroatoms. The Morgan fingerprint density at radius 3 is 2.36 bits per heavy atom. The van der Waals surface area contributed by atoms with Gasteiger partial charge in [-0.25, -0.2) is 4.68 Å². The van der Waals surface area contributed by atoms with E-state index >= 15 is 0 Å². The standard InChI is InChI=1S/C21H21N3O/c1-16-20(17(2)24(23-16)19-11-7-4-8-12-19)13-14-21(25)22-15-18-9-5-3-6-10-18/h3-14H,15H2,1-2H3,(H,22,25)/b14-13+. The van der Waals surface area contributed by atoms with Crippen molar-refractivity contribution in [2.75, 3.05) is 0 Å². The summed E-state index contributed by atoms with van der Waals surface area (Å²) in [5.74, 6) is -0.116. The fourth-order valence-corrected chi connectivity index (χ4v) is 2.72. The zero-order valence-corrected chi connectivity index (χ0v) is 14.4. The Morgan fingerprint density at radius 1 is 1.04 bits per heavy atom. The van der Waals surface area contributed by atoms with Gasteiger partial charge in [-0.05, 0) is 37.6 Å². The summed E-state index contributed by atoms with van der Waals surface area (Å²) in [6.07, 6.45) is 3.40.